The Kier molecular flexibility index (Phi) is 12.4. The van der Waals surface area contributed by atoms with Gasteiger partial charge >= 0.3 is 5.97 Å². The minimum Gasteiger partial charge on any atom is -0.493 e. The van der Waals surface area contributed by atoms with Crippen LogP contribution in [0, 0.1) is 19.3 Å². The third-order valence-electron chi connectivity index (χ3n) is 8.10. The number of carbonyl (C=O) groups excluding carboxylic acids is 1. The molecule has 0 bridgehead atoms. The zero-order valence-corrected chi connectivity index (χ0v) is 25.3. The summed E-state index contributed by atoms with van der Waals surface area (Å²) in [5.74, 6) is 0.823. The molecule has 1 N–H and O–H groups in total. The molecular weight excluding hydrogens is 472 g/mol. The van der Waals surface area contributed by atoms with Crippen molar-refractivity contribution in [2.24, 2.45) is 5.41 Å². The van der Waals surface area contributed by atoms with Crippen LogP contribution in [0.25, 0.3) is 0 Å². The van der Waals surface area contributed by atoms with Crippen LogP contribution >= 0.6 is 0 Å². The average molecular weight is 525 g/mol. The van der Waals surface area contributed by atoms with E-state index in [0.29, 0.717) is 19.6 Å². The molecule has 0 aliphatic heterocycles. The van der Waals surface area contributed by atoms with Crippen LogP contribution in [-0.4, -0.2) is 30.4 Å². The van der Waals surface area contributed by atoms with Crippen LogP contribution in [0.1, 0.15) is 114 Å². The quantitative estimate of drug-likeness (QED) is 0.188. The molecule has 0 aliphatic carbocycles. The van der Waals surface area contributed by atoms with E-state index >= 15 is 0 Å². The van der Waals surface area contributed by atoms with Crippen LogP contribution in [0.5, 0.6) is 5.75 Å². The Morgan fingerprint density at radius 2 is 1.53 bits per heavy atom. The molecule has 212 valence electrons. The van der Waals surface area contributed by atoms with Gasteiger partial charge in [-0.3, -0.25) is 4.79 Å². The highest BCUT2D eigenvalue weighted by Crippen LogP contribution is 2.41. The number of hydrogen-bond donors (Lipinski definition) is 1. The summed E-state index contributed by atoms with van der Waals surface area (Å²) in [6.45, 7) is 18.1. The van der Waals surface area contributed by atoms with E-state index in [-0.39, 0.29) is 22.9 Å². The van der Waals surface area contributed by atoms with Gasteiger partial charge in [-0.25, -0.2) is 0 Å². The molecular formula is C34H52O4. The second kappa shape index (κ2) is 14.7. The van der Waals surface area contributed by atoms with Gasteiger partial charge in [0.15, 0.2) is 0 Å². The van der Waals surface area contributed by atoms with Crippen LogP contribution in [0.2, 0.25) is 0 Å². The minimum atomic E-state index is -0.305. The average Bonchev–Trinajstić information content (AvgIpc) is 2.87. The molecule has 0 spiro atoms. The van der Waals surface area contributed by atoms with Crippen molar-refractivity contribution in [1.82, 2.24) is 0 Å². The van der Waals surface area contributed by atoms with Gasteiger partial charge in [0.25, 0.3) is 0 Å². The van der Waals surface area contributed by atoms with Gasteiger partial charge in [0.2, 0.25) is 0 Å². The highest BCUT2D eigenvalue weighted by molar-refractivity contribution is 5.69. The summed E-state index contributed by atoms with van der Waals surface area (Å²) in [5.41, 5.74) is 6.32. The van der Waals surface area contributed by atoms with E-state index < -0.39 is 0 Å². The Labute approximate surface area is 232 Å². The summed E-state index contributed by atoms with van der Waals surface area (Å²) in [7, 11) is 0. The van der Waals surface area contributed by atoms with Crippen LogP contribution in [0.4, 0.5) is 0 Å². The molecule has 0 radical (unpaired) electrons. The monoisotopic (exact) mass is 524 g/mol. The van der Waals surface area contributed by atoms with Crippen molar-refractivity contribution >= 4 is 5.97 Å². The number of unbranched alkanes of at least 4 members (excludes halogenated alkanes) is 2. The first-order valence-corrected chi connectivity index (χ1v) is 14.7. The van der Waals surface area contributed by atoms with Crippen molar-refractivity contribution in [1.29, 1.82) is 0 Å². The minimum absolute atomic E-state index is 0.0510. The number of aliphatic hydroxyl groups excluding tert-OH is 1. The lowest BCUT2D eigenvalue weighted by Gasteiger charge is -2.34. The van der Waals surface area contributed by atoms with Crippen molar-refractivity contribution in [2.45, 2.75) is 118 Å². The molecule has 4 nitrogen and oxygen atoms in total. The summed E-state index contributed by atoms with van der Waals surface area (Å²) in [5, 5.41) is 10.5. The van der Waals surface area contributed by atoms with Crippen molar-refractivity contribution in [3.63, 3.8) is 0 Å². The van der Waals surface area contributed by atoms with Gasteiger partial charge in [-0.15, -0.1) is 0 Å². The second-order valence-electron chi connectivity index (χ2n) is 11.8. The second-order valence-corrected chi connectivity index (χ2v) is 11.8. The van der Waals surface area contributed by atoms with Crippen molar-refractivity contribution in [3.8, 4) is 5.75 Å². The molecule has 1 unspecified atom stereocenters. The molecule has 0 aliphatic rings. The van der Waals surface area contributed by atoms with Crippen LogP contribution in [0.3, 0.4) is 0 Å². The Morgan fingerprint density at radius 3 is 2.08 bits per heavy atom. The fraction of sp³-hybridized carbons (Fsp3) is 0.618. The lowest BCUT2D eigenvalue weighted by molar-refractivity contribution is -0.143. The Hall–Kier alpha value is -2.33. The smallest absolute Gasteiger partial charge is 0.305 e. The van der Waals surface area contributed by atoms with Gasteiger partial charge in [0.05, 0.1) is 19.3 Å². The molecule has 0 amide bonds. The summed E-state index contributed by atoms with van der Waals surface area (Å²) >= 11 is 0. The van der Waals surface area contributed by atoms with Crippen LogP contribution in [-0.2, 0) is 21.4 Å². The normalized spacial score (nSPS) is 12.9. The predicted octanol–water partition coefficient (Wildman–Crippen LogP) is 8.25. The summed E-state index contributed by atoms with van der Waals surface area (Å²) in [6.07, 6.45) is 6.60. The number of rotatable bonds is 15. The first-order valence-electron chi connectivity index (χ1n) is 14.7. The maximum atomic E-state index is 11.5. The Bertz CT molecular complexity index is 1010. The Morgan fingerprint density at radius 1 is 0.895 bits per heavy atom. The van der Waals surface area contributed by atoms with Crippen molar-refractivity contribution in [3.05, 3.63) is 64.2 Å². The topological polar surface area (TPSA) is 55.8 Å². The molecule has 0 saturated heterocycles. The molecule has 0 fully saturated rings. The van der Waals surface area contributed by atoms with Gasteiger partial charge in [-0.05, 0) is 105 Å². The van der Waals surface area contributed by atoms with E-state index in [9.17, 15) is 9.90 Å². The van der Waals surface area contributed by atoms with E-state index in [0.717, 1.165) is 56.3 Å². The highest BCUT2D eigenvalue weighted by Gasteiger charge is 2.31. The Balaban J connectivity index is 2.09. The van der Waals surface area contributed by atoms with Gasteiger partial charge in [0, 0.05) is 11.8 Å². The third kappa shape index (κ3) is 8.59. The van der Waals surface area contributed by atoms with Crippen molar-refractivity contribution < 1.29 is 19.4 Å². The number of benzene rings is 2. The van der Waals surface area contributed by atoms with Crippen molar-refractivity contribution in [2.75, 3.05) is 13.2 Å². The summed E-state index contributed by atoms with van der Waals surface area (Å²) < 4.78 is 11.1. The van der Waals surface area contributed by atoms with E-state index in [2.05, 4.69) is 84.9 Å². The molecule has 2 aromatic rings. The number of aryl methyl sites for hydroxylation is 3. The number of esters is 1. The highest BCUT2D eigenvalue weighted by atomic mass is 16.5. The first-order chi connectivity index (χ1) is 18.0. The van der Waals surface area contributed by atoms with E-state index in [1.54, 1.807) is 0 Å². The van der Waals surface area contributed by atoms with Crippen LogP contribution in [0.15, 0.2) is 36.4 Å². The fourth-order valence-corrected chi connectivity index (χ4v) is 5.30. The van der Waals surface area contributed by atoms with Gasteiger partial charge in [0.1, 0.15) is 5.75 Å². The largest absolute Gasteiger partial charge is 0.493 e. The van der Waals surface area contributed by atoms with E-state index in [1.165, 1.54) is 22.3 Å². The van der Waals surface area contributed by atoms with Gasteiger partial charge < -0.3 is 14.6 Å². The molecule has 2 rings (SSSR count). The fourth-order valence-electron chi connectivity index (χ4n) is 5.30. The van der Waals surface area contributed by atoms with E-state index in [1.807, 2.05) is 6.92 Å². The number of hydrogen-bond acceptors (Lipinski definition) is 4. The summed E-state index contributed by atoms with van der Waals surface area (Å²) in [4.78, 5) is 11.5. The maximum absolute atomic E-state index is 11.5. The van der Waals surface area contributed by atoms with Gasteiger partial charge in [-0.1, -0.05) is 65.0 Å². The molecule has 2 aromatic carbocycles. The lowest BCUT2D eigenvalue weighted by Crippen LogP contribution is -2.27. The molecule has 1 atom stereocenters. The number of aliphatic hydroxyl groups is 1. The lowest BCUT2D eigenvalue weighted by atomic mass is 9.69. The molecule has 0 heterocycles. The van der Waals surface area contributed by atoms with Gasteiger partial charge in [-0.2, -0.15) is 0 Å². The zero-order chi connectivity index (χ0) is 28.3. The zero-order valence-electron chi connectivity index (χ0n) is 25.3. The number of carbonyl (C=O) groups is 1. The van der Waals surface area contributed by atoms with Crippen LogP contribution < -0.4 is 4.74 Å². The SMILES string of the molecule is CCOC(=O)CCCCCOc1ccc(C(CC)(CC)c2ccc(CCC(O)C(C)(C)C)c(C)c2)cc1C. The molecule has 4 heteroatoms. The first kappa shape index (κ1) is 31.9. The molecule has 0 saturated carbocycles. The number of ether oxygens (including phenoxy) is 2. The van der Waals surface area contributed by atoms with E-state index in [4.69, 9.17) is 9.47 Å². The predicted molar refractivity (Wildman–Crippen MR) is 158 cm³/mol. The summed E-state index contributed by atoms with van der Waals surface area (Å²) in [6, 6.07) is 13.6. The third-order valence-corrected chi connectivity index (χ3v) is 8.10. The molecule has 0 aromatic heterocycles. The maximum Gasteiger partial charge on any atom is 0.305 e. The molecule has 38 heavy (non-hydrogen) atoms. The standard InChI is InChI=1S/C34H52O4/c1-9-34(10-2,28-18-16-27(25(4)23-28)17-21-31(35)33(6,7)8)29-19-20-30(26(5)24-29)38-22-14-12-13-15-32(36)37-11-3/h16,18-20,23-24,31,35H,9-15,17,21-22H2,1-8H3.